The molecule has 3 N–H and O–H groups in total. The molecule has 0 aromatic heterocycles. The maximum atomic E-state index is 13.1. The normalized spacial score (nSPS) is 21.6. The van der Waals surface area contributed by atoms with Gasteiger partial charge in [0.2, 0.25) is 5.91 Å². The number of ether oxygens (including phenoxy) is 1. The predicted molar refractivity (Wildman–Crippen MR) is 137 cm³/mol. The lowest BCUT2D eigenvalue weighted by molar-refractivity contribution is -0.144. The third kappa shape index (κ3) is 5.17. The van der Waals surface area contributed by atoms with Gasteiger partial charge in [0.05, 0.1) is 5.41 Å². The van der Waals surface area contributed by atoms with Crippen molar-refractivity contribution >= 4 is 29.7 Å². The number of fused-ring (bicyclic) bond motifs is 3. The fourth-order valence-electron chi connectivity index (χ4n) is 5.27. The van der Waals surface area contributed by atoms with Crippen LogP contribution >= 0.6 is 11.8 Å². The number of carbonyl (C=O) groups excluding carboxylic acids is 2. The molecule has 2 aliphatic rings. The molecule has 186 valence electrons. The van der Waals surface area contributed by atoms with Crippen molar-refractivity contribution in [2.24, 2.45) is 5.41 Å². The van der Waals surface area contributed by atoms with E-state index in [4.69, 9.17) is 4.74 Å². The summed E-state index contributed by atoms with van der Waals surface area (Å²) in [7, 11) is 0. The van der Waals surface area contributed by atoms with Gasteiger partial charge in [0, 0.05) is 12.0 Å². The lowest BCUT2D eigenvalue weighted by Gasteiger charge is -2.32. The number of hydrogen-bond donors (Lipinski definition) is 3. The van der Waals surface area contributed by atoms with Crippen LogP contribution in [0.4, 0.5) is 4.79 Å². The summed E-state index contributed by atoms with van der Waals surface area (Å²) in [5, 5.41) is 15.1. The molecule has 1 saturated carbocycles. The number of aliphatic carboxylic acids is 1. The number of carboxylic acid groups (broad SMARTS) is 1. The number of carboxylic acids is 1. The summed E-state index contributed by atoms with van der Waals surface area (Å²) < 4.78 is 5.67. The molecule has 0 bridgehead atoms. The Morgan fingerprint density at radius 3 is 2.34 bits per heavy atom. The van der Waals surface area contributed by atoms with Crippen LogP contribution in [0, 0.1) is 5.41 Å². The zero-order valence-electron chi connectivity index (χ0n) is 20.1. The molecular formula is C27H32N2O5S. The van der Waals surface area contributed by atoms with Crippen molar-refractivity contribution in [2.45, 2.75) is 50.6 Å². The molecule has 2 aliphatic carbocycles. The van der Waals surface area contributed by atoms with Crippen LogP contribution in [0.25, 0.3) is 11.1 Å². The van der Waals surface area contributed by atoms with E-state index in [1.54, 1.807) is 6.92 Å². The number of thioether (sulfide) groups is 1. The summed E-state index contributed by atoms with van der Waals surface area (Å²) in [6, 6.07) is 14.9. The Labute approximate surface area is 210 Å². The maximum Gasteiger partial charge on any atom is 0.407 e. The van der Waals surface area contributed by atoms with Gasteiger partial charge < -0.3 is 20.5 Å². The van der Waals surface area contributed by atoms with E-state index < -0.39 is 29.6 Å². The van der Waals surface area contributed by atoms with Gasteiger partial charge in [0.25, 0.3) is 0 Å². The third-order valence-corrected chi connectivity index (χ3v) is 7.97. The van der Waals surface area contributed by atoms with Crippen LogP contribution in [-0.4, -0.2) is 53.8 Å². The van der Waals surface area contributed by atoms with Crippen LogP contribution in [0.3, 0.4) is 0 Å². The largest absolute Gasteiger partial charge is 0.480 e. The maximum absolute atomic E-state index is 13.1. The van der Waals surface area contributed by atoms with Crippen LogP contribution in [0.1, 0.15) is 49.7 Å². The number of amides is 2. The number of alkyl carbamates (subject to hydrolysis) is 1. The SMILES string of the molecule is CSCCC(NC(=O)C1(C)CCCC1NC(=O)OCC1c2ccccc2-c2ccccc21)C(=O)O. The lowest BCUT2D eigenvalue weighted by atomic mass is 9.83. The molecule has 2 amide bonds. The molecule has 0 spiro atoms. The highest BCUT2D eigenvalue weighted by Crippen LogP contribution is 2.44. The molecule has 1 fully saturated rings. The molecule has 2 aromatic carbocycles. The van der Waals surface area contributed by atoms with E-state index in [-0.39, 0.29) is 18.4 Å². The predicted octanol–water partition coefficient (Wildman–Crippen LogP) is 4.41. The summed E-state index contributed by atoms with van der Waals surface area (Å²) in [5.74, 6) is -0.795. The second-order valence-electron chi connectivity index (χ2n) is 9.48. The molecule has 0 saturated heterocycles. The molecular weight excluding hydrogens is 464 g/mol. The van der Waals surface area contributed by atoms with E-state index in [1.165, 1.54) is 11.8 Å². The summed E-state index contributed by atoms with van der Waals surface area (Å²) in [6.45, 7) is 1.99. The van der Waals surface area contributed by atoms with Crippen molar-refractivity contribution in [1.82, 2.24) is 10.6 Å². The van der Waals surface area contributed by atoms with Crippen LogP contribution in [0.5, 0.6) is 0 Å². The molecule has 3 unspecified atom stereocenters. The van der Waals surface area contributed by atoms with E-state index in [0.29, 0.717) is 25.0 Å². The molecule has 0 heterocycles. The van der Waals surface area contributed by atoms with Crippen molar-refractivity contribution in [2.75, 3.05) is 18.6 Å². The smallest absolute Gasteiger partial charge is 0.407 e. The highest BCUT2D eigenvalue weighted by Gasteiger charge is 2.47. The fraction of sp³-hybridized carbons (Fsp3) is 0.444. The van der Waals surface area contributed by atoms with Gasteiger partial charge in [0.1, 0.15) is 12.6 Å². The van der Waals surface area contributed by atoms with Crippen molar-refractivity contribution in [3.8, 4) is 11.1 Å². The Morgan fingerprint density at radius 1 is 1.11 bits per heavy atom. The molecule has 35 heavy (non-hydrogen) atoms. The molecule has 0 radical (unpaired) electrons. The van der Waals surface area contributed by atoms with E-state index in [0.717, 1.165) is 28.7 Å². The summed E-state index contributed by atoms with van der Waals surface area (Å²) in [4.78, 5) is 37.5. The minimum atomic E-state index is -1.05. The average Bonchev–Trinajstić information content (AvgIpc) is 3.38. The highest BCUT2D eigenvalue weighted by molar-refractivity contribution is 7.98. The monoisotopic (exact) mass is 496 g/mol. The summed E-state index contributed by atoms with van der Waals surface area (Å²) in [5.41, 5.74) is 3.70. The van der Waals surface area contributed by atoms with Crippen molar-refractivity contribution in [1.29, 1.82) is 0 Å². The Hall–Kier alpha value is -3.00. The van der Waals surface area contributed by atoms with E-state index in [1.807, 2.05) is 30.5 Å². The van der Waals surface area contributed by atoms with Crippen molar-refractivity contribution in [3.05, 3.63) is 59.7 Å². The van der Waals surface area contributed by atoms with Crippen LogP contribution in [-0.2, 0) is 14.3 Å². The van der Waals surface area contributed by atoms with Gasteiger partial charge in [-0.1, -0.05) is 55.0 Å². The van der Waals surface area contributed by atoms with Gasteiger partial charge in [-0.25, -0.2) is 9.59 Å². The molecule has 0 aliphatic heterocycles. The molecule has 4 rings (SSSR count). The second-order valence-corrected chi connectivity index (χ2v) is 10.5. The van der Waals surface area contributed by atoms with Gasteiger partial charge in [0.15, 0.2) is 0 Å². The zero-order chi connectivity index (χ0) is 25.0. The van der Waals surface area contributed by atoms with Crippen LogP contribution in [0.2, 0.25) is 0 Å². The number of rotatable bonds is 9. The minimum absolute atomic E-state index is 0.0424. The van der Waals surface area contributed by atoms with Crippen molar-refractivity contribution in [3.63, 3.8) is 0 Å². The van der Waals surface area contributed by atoms with Crippen molar-refractivity contribution < 1.29 is 24.2 Å². The first kappa shape index (κ1) is 25.1. The Morgan fingerprint density at radius 2 is 1.74 bits per heavy atom. The standard InChI is InChI=1S/C27H32N2O5S/c1-27(25(32)28-22(24(30)31)13-15-35-2)14-7-12-23(27)29-26(33)34-16-21-19-10-5-3-8-17(19)18-9-4-6-11-20(18)21/h3-6,8-11,21-23H,7,12-16H2,1-2H3,(H,28,32)(H,29,33)(H,30,31). The first-order valence-corrected chi connectivity index (χ1v) is 13.4. The van der Waals surface area contributed by atoms with Gasteiger partial charge in [-0.2, -0.15) is 11.8 Å². The van der Waals surface area contributed by atoms with Gasteiger partial charge >= 0.3 is 12.1 Å². The van der Waals surface area contributed by atoms with Gasteiger partial charge in [-0.05, 0) is 60.4 Å². The van der Waals surface area contributed by atoms with Gasteiger partial charge in [-0.3, -0.25) is 4.79 Å². The Bertz CT molecular complexity index is 1060. The molecule has 2 aromatic rings. The van der Waals surface area contributed by atoms with Crippen LogP contribution < -0.4 is 10.6 Å². The topological polar surface area (TPSA) is 105 Å². The van der Waals surface area contributed by atoms with Gasteiger partial charge in [-0.15, -0.1) is 0 Å². The average molecular weight is 497 g/mol. The second kappa shape index (κ2) is 10.7. The zero-order valence-corrected chi connectivity index (χ0v) is 20.9. The molecule has 7 nitrogen and oxygen atoms in total. The Kier molecular flexibility index (Phi) is 7.69. The van der Waals surface area contributed by atoms with E-state index in [2.05, 4.69) is 34.9 Å². The van der Waals surface area contributed by atoms with E-state index in [9.17, 15) is 19.5 Å². The highest BCUT2D eigenvalue weighted by atomic mass is 32.2. The number of carbonyl (C=O) groups is 3. The lowest BCUT2D eigenvalue weighted by Crippen LogP contribution is -2.54. The molecule has 3 atom stereocenters. The fourth-order valence-corrected chi connectivity index (χ4v) is 5.74. The molecule has 8 heteroatoms. The number of benzene rings is 2. The van der Waals surface area contributed by atoms with E-state index >= 15 is 0 Å². The Balaban J connectivity index is 1.39. The minimum Gasteiger partial charge on any atom is -0.480 e. The number of nitrogens with one attached hydrogen (secondary N) is 2. The first-order valence-electron chi connectivity index (χ1n) is 12.0. The summed E-state index contributed by atoms with van der Waals surface area (Å²) in [6.07, 6.45) is 3.66. The van der Waals surface area contributed by atoms with Crippen LogP contribution in [0.15, 0.2) is 48.5 Å². The first-order chi connectivity index (χ1) is 16.8. The quantitative estimate of drug-likeness (QED) is 0.475. The third-order valence-electron chi connectivity index (χ3n) is 7.33. The summed E-state index contributed by atoms with van der Waals surface area (Å²) >= 11 is 1.53. The number of hydrogen-bond acceptors (Lipinski definition) is 5.